The smallest absolute Gasteiger partial charge is 0.337 e. The molecule has 0 aliphatic carbocycles. The maximum atomic E-state index is 12.3. The minimum absolute atomic E-state index is 0. The summed E-state index contributed by atoms with van der Waals surface area (Å²) in [5, 5.41) is 0. The van der Waals surface area contributed by atoms with Crippen molar-refractivity contribution in [3.05, 3.63) is 29.6 Å². The first-order valence-electron chi connectivity index (χ1n) is 5.46. The van der Waals surface area contributed by atoms with E-state index in [1.807, 2.05) is 0 Å². The van der Waals surface area contributed by atoms with E-state index in [9.17, 15) is 18.0 Å². The summed E-state index contributed by atoms with van der Waals surface area (Å²) in [4.78, 5) is 16.7. The van der Waals surface area contributed by atoms with Gasteiger partial charge in [0.05, 0.1) is 5.56 Å². The summed E-state index contributed by atoms with van der Waals surface area (Å²) < 4.78 is 36.9. The van der Waals surface area contributed by atoms with Crippen molar-refractivity contribution >= 4 is 30.7 Å². The van der Waals surface area contributed by atoms with Crippen molar-refractivity contribution in [2.75, 3.05) is 13.1 Å². The van der Waals surface area contributed by atoms with Crippen molar-refractivity contribution in [3.63, 3.8) is 0 Å². The Hall–Kier alpha value is -1.05. The molecule has 0 saturated carbocycles. The highest BCUT2D eigenvalue weighted by Crippen LogP contribution is 2.27. The van der Waals surface area contributed by atoms with Gasteiger partial charge in [0, 0.05) is 25.3 Å². The second kappa shape index (κ2) is 7.10. The van der Waals surface area contributed by atoms with Crippen LogP contribution in [0.5, 0.6) is 0 Å². The molecule has 0 radical (unpaired) electrons. The fourth-order valence-corrected chi connectivity index (χ4v) is 1.84. The Morgan fingerprint density at radius 1 is 1.35 bits per heavy atom. The van der Waals surface area contributed by atoms with Gasteiger partial charge in [-0.3, -0.25) is 9.78 Å². The molecule has 0 spiro atoms. The molecule has 1 saturated heterocycles. The standard InChI is InChI=1S/C11H12F3N3O.2ClH/c12-11(13,14)9-2-1-7(5-16-9)10(18)17-4-3-8(15)6-17;;/h1-2,5,8H,3-4,6,15H2;2*1H/t8-;;/m1../s1. The van der Waals surface area contributed by atoms with Gasteiger partial charge in [0.15, 0.2) is 0 Å². The van der Waals surface area contributed by atoms with E-state index in [1.165, 1.54) is 4.90 Å². The van der Waals surface area contributed by atoms with Crippen LogP contribution < -0.4 is 5.73 Å². The number of carbonyl (C=O) groups excluding carboxylic acids is 1. The average Bonchev–Trinajstić information content (AvgIpc) is 2.74. The molecule has 1 aromatic heterocycles. The van der Waals surface area contributed by atoms with Crippen LogP contribution in [0.1, 0.15) is 22.5 Å². The molecule has 0 bridgehead atoms. The molecule has 0 aromatic carbocycles. The molecular weight excluding hydrogens is 318 g/mol. The third kappa shape index (κ3) is 4.22. The molecule has 4 nitrogen and oxygen atoms in total. The summed E-state index contributed by atoms with van der Waals surface area (Å²) in [5.41, 5.74) is 4.81. The van der Waals surface area contributed by atoms with E-state index in [-0.39, 0.29) is 42.3 Å². The molecule has 20 heavy (non-hydrogen) atoms. The van der Waals surface area contributed by atoms with Gasteiger partial charge in [-0.05, 0) is 18.6 Å². The zero-order valence-electron chi connectivity index (χ0n) is 10.3. The Balaban J connectivity index is 0.00000180. The minimum atomic E-state index is -4.49. The first-order chi connectivity index (χ1) is 8.38. The molecule has 1 atom stereocenters. The van der Waals surface area contributed by atoms with Crippen LogP contribution in [0.3, 0.4) is 0 Å². The molecule has 2 N–H and O–H groups in total. The highest BCUT2D eigenvalue weighted by Gasteiger charge is 2.32. The highest BCUT2D eigenvalue weighted by atomic mass is 35.5. The summed E-state index contributed by atoms with van der Waals surface area (Å²) in [6, 6.07) is 1.89. The van der Waals surface area contributed by atoms with Crippen LogP contribution in [0.2, 0.25) is 0 Å². The minimum Gasteiger partial charge on any atom is -0.337 e. The third-order valence-corrected chi connectivity index (χ3v) is 2.81. The monoisotopic (exact) mass is 331 g/mol. The van der Waals surface area contributed by atoms with Crippen LogP contribution in [-0.4, -0.2) is 34.9 Å². The molecule has 1 fully saturated rings. The normalized spacial score (nSPS) is 18.2. The van der Waals surface area contributed by atoms with Gasteiger partial charge < -0.3 is 10.6 Å². The van der Waals surface area contributed by atoms with Crippen LogP contribution in [-0.2, 0) is 6.18 Å². The first kappa shape index (κ1) is 18.9. The van der Waals surface area contributed by atoms with E-state index in [2.05, 4.69) is 4.98 Å². The average molecular weight is 332 g/mol. The number of alkyl halides is 3. The highest BCUT2D eigenvalue weighted by molar-refractivity contribution is 5.94. The third-order valence-electron chi connectivity index (χ3n) is 2.81. The van der Waals surface area contributed by atoms with Gasteiger partial charge in [0.2, 0.25) is 0 Å². The molecule has 1 aliphatic rings. The summed E-state index contributed by atoms with van der Waals surface area (Å²) in [6.45, 7) is 0.959. The Morgan fingerprint density at radius 2 is 2.00 bits per heavy atom. The SMILES string of the molecule is Cl.Cl.N[C@@H]1CCN(C(=O)c2ccc(C(F)(F)F)nc2)C1. The van der Waals surface area contributed by atoms with Gasteiger partial charge in [-0.25, -0.2) is 0 Å². The zero-order chi connectivity index (χ0) is 13.3. The molecule has 1 amide bonds. The number of hydrogen-bond donors (Lipinski definition) is 1. The van der Waals surface area contributed by atoms with Crippen molar-refractivity contribution < 1.29 is 18.0 Å². The van der Waals surface area contributed by atoms with Crippen molar-refractivity contribution in [3.8, 4) is 0 Å². The van der Waals surface area contributed by atoms with Gasteiger partial charge in [-0.1, -0.05) is 0 Å². The van der Waals surface area contributed by atoms with E-state index in [4.69, 9.17) is 5.73 Å². The van der Waals surface area contributed by atoms with Crippen molar-refractivity contribution in [2.24, 2.45) is 5.73 Å². The summed E-state index contributed by atoms with van der Waals surface area (Å²) in [6.07, 6.45) is -2.83. The second-order valence-corrected chi connectivity index (χ2v) is 4.23. The lowest BCUT2D eigenvalue weighted by Gasteiger charge is -2.15. The molecule has 9 heteroatoms. The van der Waals surface area contributed by atoms with E-state index in [0.29, 0.717) is 19.5 Å². The lowest BCUT2D eigenvalue weighted by molar-refractivity contribution is -0.141. The van der Waals surface area contributed by atoms with Crippen LogP contribution in [0.4, 0.5) is 13.2 Å². The summed E-state index contributed by atoms with van der Waals surface area (Å²) in [7, 11) is 0. The lowest BCUT2D eigenvalue weighted by Crippen LogP contribution is -2.32. The maximum Gasteiger partial charge on any atom is 0.433 e. The Labute approximate surface area is 126 Å². The van der Waals surface area contributed by atoms with Crippen LogP contribution in [0, 0.1) is 0 Å². The van der Waals surface area contributed by atoms with E-state index in [0.717, 1.165) is 18.3 Å². The number of likely N-dealkylation sites (tertiary alicyclic amines) is 1. The molecule has 1 aromatic rings. The topological polar surface area (TPSA) is 59.2 Å². The molecule has 0 unspecified atom stereocenters. The molecule has 2 rings (SSSR count). The number of hydrogen-bond acceptors (Lipinski definition) is 3. The molecular formula is C11H14Cl2F3N3O. The van der Waals surface area contributed by atoms with Gasteiger partial charge in [0.1, 0.15) is 5.69 Å². The largest absolute Gasteiger partial charge is 0.433 e. The number of halogens is 5. The Morgan fingerprint density at radius 3 is 2.40 bits per heavy atom. The maximum absolute atomic E-state index is 12.3. The molecule has 1 aliphatic heterocycles. The number of pyridine rings is 1. The lowest BCUT2D eigenvalue weighted by atomic mass is 10.2. The molecule has 2 heterocycles. The van der Waals surface area contributed by atoms with Crippen LogP contribution >= 0.6 is 24.8 Å². The van der Waals surface area contributed by atoms with Crippen molar-refractivity contribution in [2.45, 2.75) is 18.6 Å². The number of rotatable bonds is 1. The summed E-state index contributed by atoms with van der Waals surface area (Å²) >= 11 is 0. The van der Waals surface area contributed by atoms with Gasteiger partial charge >= 0.3 is 6.18 Å². The number of nitrogens with zero attached hydrogens (tertiary/aromatic N) is 2. The number of carbonyl (C=O) groups is 1. The second-order valence-electron chi connectivity index (χ2n) is 4.23. The van der Waals surface area contributed by atoms with Crippen LogP contribution in [0.15, 0.2) is 18.3 Å². The Bertz CT molecular complexity index is 453. The van der Waals surface area contributed by atoms with Gasteiger partial charge in [-0.2, -0.15) is 13.2 Å². The van der Waals surface area contributed by atoms with E-state index < -0.39 is 11.9 Å². The number of nitrogens with two attached hydrogens (primary N) is 1. The van der Waals surface area contributed by atoms with Gasteiger partial charge in [-0.15, -0.1) is 24.8 Å². The Kier molecular flexibility index (Phi) is 6.73. The van der Waals surface area contributed by atoms with Crippen molar-refractivity contribution in [1.82, 2.24) is 9.88 Å². The van der Waals surface area contributed by atoms with Crippen LogP contribution in [0.25, 0.3) is 0 Å². The number of amides is 1. The summed E-state index contributed by atoms with van der Waals surface area (Å²) in [5.74, 6) is -0.329. The van der Waals surface area contributed by atoms with Gasteiger partial charge in [0.25, 0.3) is 5.91 Å². The van der Waals surface area contributed by atoms with Crippen molar-refractivity contribution in [1.29, 1.82) is 0 Å². The molecule has 114 valence electrons. The van der Waals surface area contributed by atoms with E-state index in [1.54, 1.807) is 0 Å². The zero-order valence-corrected chi connectivity index (χ0v) is 11.9. The fraction of sp³-hybridized carbons (Fsp3) is 0.455. The predicted molar refractivity (Wildman–Crippen MR) is 72.2 cm³/mol. The van der Waals surface area contributed by atoms with E-state index >= 15 is 0 Å². The quantitative estimate of drug-likeness (QED) is 0.857. The first-order valence-corrected chi connectivity index (χ1v) is 5.46. The number of aromatic nitrogens is 1. The fourth-order valence-electron chi connectivity index (χ4n) is 1.84. The predicted octanol–water partition coefficient (Wildman–Crippen LogP) is 2.12.